The van der Waals surface area contributed by atoms with Crippen molar-refractivity contribution in [3.05, 3.63) is 54.4 Å². The molecule has 0 saturated carbocycles. The molecule has 1 amide bonds. The molecule has 0 radical (unpaired) electrons. The number of carbonyl (C=O) groups excluding carboxylic acids is 1. The molecule has 0 unspecified atom stereocenters. The first-order chi connectivity index (χ1) is 10.8. The topological polar surface area (TPSA) is 36.4 Å². The minimum Gasteiger partial charge on any atom is -0.345 e. The van der Waals surface area contributed by atoms with Crippen LogP contribution in [0.4, 0.5) is 11.4 Å². The second kappa shape index (κ2) is 6.60. The van der Waals surface area contributed by atoms with Crippen LogP contribution in [-0.4, -0.2) is 35.9 Å². The van der Waals surface area contributed by atoms with Gasteiger partial charge in [-0.15, -0.1) is 0 Å². The monoisotopic (exact) mass is 295 g/mol. The highest BCUT2D eigenvalue weighted by atomic mass is 16.2. The van der Waals surface area contributed by atoms with Gasteiger partial charge in [0, 0.05) is 37.7 Å². The van der Waals surface area contributed by atoms with Gasteiger partial charge in [-0.25, -0.2) is 0 Å². The van der Waals surface area contributed by atoms with Crippen molar-refractivity contribution in [3.63, 3.8) is 0 Å². The standard InChI is InChI=1S/C18H21N3O/c1-20(15-8-4-2-5-9-15)16-10-11-19-17(14-16)18(22)21-12-6-3-7-13-21/h2,4-5,8-11,14H,3,6-7,12-13H2,1H3. The van der Waals surface area contributed by atoms with E-state index in [2.05, 4.69) is 9.88 Å². The molecule has 0 aliphatic carbocycles. The SMILES string of the molecule is CN(c1ccccc1)c1ccnc(C(=O)N2CCCCC2)c1. The Morgan fingerprint density at radius 2 is 1.77 bits per heavy atom. The molecule has 1 aliphatic rings. The Morgan fingerprint density at radius 3 is 2.50 bits per heavy atom. The number of aromatic nitrogens is 1. The van der Waals surface area contributed by atoms with Crippen LogP contribution in [0.15, 0.2) is 48.7 Å². The number of hydrogen-bond acceptors (Lipinski definition) is 3. The maximum atomic E-state index is 12.6. The molecule has 2 aromatic rings. The Hall–Kier alpha value is -2.36. The second-order valence-corrected chi connectivity index (χ2v) is 5.65. The number of para-hydroxylation sites is 1. The van der Waals surface area contributed by atoms with Crippen LogP contribution in [0.1, 0.15) is 29.8 Å². The maximum absolute atomic E-state index is 12.6. The fraction of sp³-hybridized carbons (Fsp3) is 0.333. The van der Waals surface area contributed by atoms with E-state index in [0.29, 0.717) is 5.69 Å². The number of hydrogen-bond donors (Lipinski definition) is 0. The Bertz CT molecular complexity index is 636. The van der Waals surface area contributed by atoms with Crippen molar-refractivity contribution in [2.45, 2.75) is 19.3 Å². The van der Waals surface area contributed by atoms with E-state index in [9.17, 15) is 4.79 Å². The number of amides is 1. The quantitative estimate of drug-likeness (QED) is 0.870. The molecule has 1 aromatic heterocycles. The molecule has 4 heteroatoms. The van der Waals surface area contributed by atoms with Crippen molar-refractivity contribution >= 4 is 17.3 Å². The minimum absolute atomic E-state index is 0.0445. The fourth-order valence-electron chi connectivity index (χ4n) is 2.80. The molecule has 1 saturated heterocycles. The highest BCUT2D eigenvalue weighted by Crippen LogP contribution is 2.23. The zero-order valence-electron chi connectivity index (χ0n) is 12.9. The summed E-state index contributed by atoms with van der Waals surface area (Å²) in [4.78, 5) is 20.8. The van der Waals surface area contributed by atoms with Crippen molar-refractivity contribution in [2.24, 2.45) is 0 Å². The molecule has 2 heterocycles. The molecule has 0 N–H and O–H groups in total. The van der Waals surface area contributed by atoms with Gasteiger partial charge in [-0.1, -0.05) is 18.2 Å². The highest BCUT2D eigenvalue weighted by Gasteiger charge is 2.19. The summed E-state index contributed by atoms with van der Waals surface area (Å²) in [5.74, 6) is 0.0445. The van der Waals surface area contributed by atoms with Crippen molar-refractivity contribution in [1.29, 1.82) is 0 Å². The van der Waals surface area contributed by atoms with Crippen LogP contribution >= 0.6 is 0 Å². The molecule has 0 atom stereocenters. The van der Waals surface area contributed by atoms with Gasteiger partial charge in [0.25, 0.3) is 5.91 Å². The number of piperidine rings is 1. The summed E-state index contributed by atoms with van der Waals surface area (Å²) in [5, 5.41) is 0. The van der Waals surface area contributed by atoms with Crippen LogP contribution < -0.4 is 4.90 Å². The lowest BCUT2D eigenvalue weighted by molar-refractivity contribution is 0.0718. The summed E-state index contributed by atoms with van der Waals surface area (Å²) >= 11 is 0. The van der Waals surface area contributed by atoms with E-state index in [4.69, 9.17) is 0 Å². The molecule has 1 aliphatic heterocycles. The van der Waals surface area contributed by atoms with E-state index in [-0.39, 0.29) is 5.91 Å². The predicted octanol–water partition coefficient (Wildman–Crippen LogP) is 3.48. The van der Waals surface area contributed by atoms with Gasteiger partial charge >= 0.3 is 0 Å². The Balaban J connectivity index is 1.81. The molecule has 1 fully saturated rings. The highest BCUT2D eigenvalue weighted by molar-refractivity contribution is 5.93. The van der Waals surface area contributed by atoms with Crippen LogP contribution in [0.2, 0.25) is 0 Å². The van der Waals surface area contributed by atoms with Gasteiger partial charge in [-0.05, 0) is 43.5 Å². The third-order valence-electron chi connectivity index (χ3n) is 4.14. The summed E-state index contributed by atoms with van der Waals surface area (Å²) in [6.45, 7) is 1.69. The van der Waals surface area contributed by atoms with Crippen LogP contribution in [0.3, 0.4) is 0 Å². The molecule has 4 nitrogen and oxygen atoms in total. The summed E-state index contributed by atoms with van der Waals surface area (Å²) in [6.07, 6.45) is 5.12. The predicted molar refractivity (Wildman–Crippen MR) is 88.5 cm³/mol. The van der Waals surface area contributed by atoms with Gasteiger partial charge in [0.15, 0.2) is 0 Å². The first-order valence-electron chi connectivity index (χ1n) is 7.80. The molecule has 1 aromatic carbocycles. The summed E-state index contributed by atoms with van der Waals surface area (Å²) in [5.41, 5.74) is 2.59. The number of likely N-dealkylation sites (tertiary alicyclic amines) is 1. The normalized spacial score (nSPS) is 14.7. The van der Waals surface area contributed by atoms with Crippen LogP contribution in [0, 0.1) is 0 Å². The molecule has 114 valence electrons. The number of anilines is 2. The smallest absolute Gasteiger partial charge is 0.272 e. The van der Waals surface area contributed by atoms with E-state index in [1.165, 1.54) is 6.42 Å². The largest absolute Gasteiger partial charge is 0.345 e. The number of nitrogens with zero attached hydrogens (tertiary/aromatic N) is 3. The van der Waals surface area contributed by atoms with Crippen molar-refractivity contribution in [2.75, 3.05) is 25.0 Å². The van der Waals surface area contributed by atoms with Gasteiger partial charge in [0.1, 0.15) is 5.69 Å². The summed E-state index contributed by atoms with van der Waals surface area (Å²) < 4.78 is 0. The first-order valence-corrected chi connectivity index (χ1v) is 7.80. The third-order valence-corrected chi connectivity index (χ3v) is 4.14. The Labute approximate surface area is 131 Å². The molecule has 22 heavy (non-hydrogen) atoms. The van der Waals surface area contributed by atoms with E-state index in [0.717, 1.165) is 37.3 Å². The molecule has 3 rings (SSSR count). The molecule has 0 spiro atoms. The third kappa shape index (κ3) is 3.11. The van der Waals surface area contributed by atoms with Gasteiger partial charge in [0.2, 0.25) is 0 Å². The van der Waals surface area contributed by atoms with Crippen molar-refractivity contribution in [1.82, 2.24) is 9.88 Å². The zero-order valence-corrected chi connectivity index (χ0v) is 12.9. The van der Waals surface area contributed by atoms with Crippen molar-refractivity contribution in [3.8, 4) is 0 Å². The van der Waals surface area contributed by atoms with Gasteiger partial charge < -0.3 is 9.80 Å². The number of rotatable bonds is 3. The first kappa shape index (κ1) is 14.6. The zero-order chi connectivity index (χ0) is 15.4. The lowest BCUT2D eigenvalue weighted by Gasteiger charge is -2.27. The van der Waals surface area contributed by atoms with Crippen LogP contribution in [-0.2, 0) is 0 Å². The number of carbonyl (C=O) groups is 1. The average molecular weight is 295 g/mol. The Kier molecular flexibility index (Phi) is 4.37. The van der Waals surface area contributed by atoms with Crippen LogP contribution in [0.25, 0.3) is 0 Å². The van der Waals surface area contributed by atoms with E-state index in [1.807, 2.05) is 54.4 Å². The molecular formula is C18H21N3O. The number of benzene rings is 1. The second-order valence-electron chi connectivity index (χ2n) is 5.65. The minimum atomic E-state index is 0.0445. The lowest BCUT2D eigenvalue weighted by atomic mass is 10.1. The maximum Gasteiger partial charge on any atom is 0.272 e. The van der Waals surface area contributed by atoms with E-state index < -0.39 is 0 Å². The molecular weight excluding hydrogens is 274 g/mol. The fourth-order valence-corrected chi connectivity index (χ4v) is 2.80. The van der Waals surface area contributed by atoms with Crippen LogP contribution in [0.5, 0.6) is 0 Å². The average Bonchev–Trinajstić information content (AvgIpc) is 2.62. The summed E-state index contributed by atoms with van der Waals surface area (Å²) in [6, 6.07) is 13.9. The lowest BCUT2D eigenvalue weighted by Crippen LogP contribution is -2.36. The van der Waals surface area contributed by atoms with E-state index in [1.54, 1.807) is 6.20 Å². The van der Waals surface area contributed by atoms with Gasteiger partial charge in [-0.3, -0.25) is 9.78 Å². The van der Waals surface area contributed by atoms with Crippen molar-refractivity contribution < 1.29 is 4.79 Å². The molecule has 0 bridgehead atoms. The summed E-state index contributed by atoms with van der Waals surface area (Å²) in [7, 11) is 2.00. The van der Waals surface area contributed by atoms with Gasteiger partial charge in [0.05, 0.1) is 0 Å². The number of pyridine rings is 1. The van der Waals surface area contributed by atoms with Gasteiger partial charge in [-0.2, -0.15) is 0 Å². The van der Waals surface area contributed by atoms with E-state index >= 15 is 0 Å². The Morgan fingerprint density at radius 1 is 1.05 bits per heavy atom.